The van der Waals surface area contributed by atoms with Gasteiger partial charge in [-0.15, -0.1) is 0 Å². The van der Waals surface area contributed by atoms with Crippen molar-refractivity contribution in [2.45, 2.75) is 26.3 Å². The van der Waals surface area contributed by atoms with Crippen molar-refractivity contribution in [2.75, 3.05) is 0 Å². The van der Waals surface area contributed by atoms with E-state index in [0.29, 0.717) is 0 Å². The maximum absolute atomic E-state index is 4.71. The molecule has 0 saturated heterocycles. The smallest absolute Gasteiger partial charge is 0.0710 e. The minimum atomic E-state index is 1.12. The fourth-order valence-electron chi connectivity index (χ4n) is 3.11. The van der Waals surface area contributed by atoms with Gasteiger partial charge >= 0.3 is 0 Å². The number of hydrogen-bond acceptors (Lipinski definition) is 1. The van der Waals surface area contributed by atoms with Crippen molar-refractivity contribution in [1.29, 1.82) is 0 Å². The molecule has 17 heavy (non-hydrogen) atoms. The van der Waals surface area contributed by atoms with Gasteiger partial charge in [-0.2, -0.15) is 0 Å². The zero-order chi connectivity index (χ0) is 11.4. The third kappa shape index (κ3) is 1.13. The Kier molecular flexibility index (Phi) is 1.68. The molecule has 0 radical (unpaired) electrons. The van der Waals surface area contributed by atoms with E-state index < -0.39 is 0 Å². The van der Waals surface area contributed by atoms with Crippen molar-refractivity contribution in [3.63, 3.8) is 0 Å². The molecule has 0 N–H and O–H groups in total. The van der Waals surface area contributed by atoms with Crippen molar-refractivity contribution >= 4 is 21.8 Å². The number of rotatable bonds is 0. The summed E-state index contributed by atoms with van der Waals surface area (Å²) in [7, 11) is 0. The van der Waals surface area contributed by atoms with Crippen LogP contribution in [0.3, 0.4) is 0 Å². The van der Waals surface area contributed by atoms with Gasteiger partial charge in [0.15, 0.2) is 0 Å². The van der Waals surface area contributed by atoms with E-state index in [9.17, 15) is 0 Å². The van der Waals surface area contributed by atoms with E-state index in [4.69, 9.17) is 4.98 Å². The SMILES string of the molecule is Cc1cc2c3ccccc3n3c2c(n1)CCC3. The number of nitrogens with zero attached hydrogens (tertiary/aromatic N) is 2. The van der Waals surface area contributed by atoms with Gasteiger partial charge in [-0.3, -0.25) is 4.98 Å². The highest BCUT2D eigenvalue weighted by atomic mass is 15.0. The Morgan fingerprint density at radius 3 is 3.00 bits per heavy atom. The first-order valence-corrected chi connectivity index (χ1v) is 6.22. The van der Waals surface area contributed by atoms with Crippen molar-refractivity contribution in [3.8, 4) is 0 Å². The summed E-state index contributed by atoms with van der Waals surface area (Å²) in [6, 6.07) is 10.9. The molecular formula is C15H14N2. The number of aromatic nitrogens is 2. The Bertz CT molecular complexity index is 737. The van der Waals surface area contributed by atoms with Gasteiger partial charge in [0.1, 0.15) is 0 Å². The van der Waals surface area contributed by atoms with Gasteiger partial charge in [-0.1, -0.05) is 18.2 Å². The second kappa shape index (κ2) is 3.10. The van der Waals surface area contributed by atoms with Crippen LogP contribution in [-0.2, 0) is 13.0 Å². The van der Waals surface area contributed by atoms with Crippen LogP contribution in [0.4, 0.5) is 0 Å². The minimum Gasteiger partial charge on any atom is -0.339 e. The highest BCUT2D eigenvalue weighted by Gasteiger charge is 2.18. The summed E-state index contributed by atoms with van der Waals surface area (Å²) in [4.78, 5) is 4.71. The molecule has 1 aromatic carbocycles. The molecule has 0 atom stereocenters. The molecule has 1 aliphatic heterocycles. The predicted molar refractivity (Wildman–Crippen MR) is 70.3 cm³/mol. The molecule has 0 aliphatic carbocycles. The number of para-hydroxylation sites is 1. The maximum atomic E-state index is 4.71. The summed E-state index contributed by atoms with van der Waals surface area (Å²) in [5.74, 6) is 0. The lowest BCUT2D eigenvalue weighted by molar-refractivity contribution is 0.639. The van der Waals surface area contributed by atoms with Crippen LogP contribution in [0.2, 0.25) is 0 Å². The van der Waals surface area contributed by atoms with Crippen LogP contribution in [-0.4, -0.2) is 9.55 Å². The topological polar surface area (TPSA) is 17.8 Å². The quantitative estimate of drug-likeness (QED) is 0.569. The van der Waals surface area contributed by atoms with Crippen molar-refractivity contribution < 1.29 is 0 Å². The van der Waals surface area contributed by atoms with Crippen molar-refractivity contribution in [1.82, 2.24) is 9.55 Å². The van der Waals surface area contributed by atoms with Gasteiger partial charge in [-0.05, 0) is 31.9 Å². The largest absolute Gasteiger partial charge is 0.339 e. The first kappa shape index (κ1) is 9.23. The van der Waals surface area contributed by atoms with E-state index in [2.05, 4.69) is 41.8 Å². The van der Waals surface area contributed by atoms with Gasteiger partial charge in [0.2, 0.25) is 0 Å². The van der Waals surface area contributed by atoms with E-state index in [1.165, 1.54) is 33.9 Å². The lowest BCUT2D eigenvalue weighted by Gasteiger charge is -2.15. The first-order valence-electron chi connectivity index (χ1n) is 6.22. The Morgan fingerprint density at radius 1 is 1.18 bits per heavy atom. The molecule has 1 aliphatic rings. The van der Waals surface area contributed by atoms with E-state index in [1.807, 2.05) is 0 Å². The normalized spacial score (nSPS) is 14.6. The van der Waals surface area contributed by atoms with E-state index in [1.54, 1.807) is 0 Å². The first-order chi connectivity index (χ1) is 8.34. The molecule has 2 nitrogen and oxygen atoms in total. The second-order valence-electron chi connectivity index (χ2n) is 4.88. The molecule has 84 valence electrons. The number of aryl methyl sites for hydroxylation is 3. The van der Waals surface area contributed by atoms with Gasteiger partial charge in [0.05, 0.1) is 11.2 Å². The molecule has 0 amide bonds. The molecule has 0 saturated carbocycles. The third-order valence-corrected chi connectivity index (χ3v) is 3.74. The van der Waals surface area contributed by atoms with Gasteiger partial charge in [0.25, 0.3) is 0 Å². The highest BCUT2D eigenvalue weighted by molar-refractivity contribution is 6.09. The predicted octanol–water partition coefficient (Wildman–Crippen LogP) is 3.44. The Hall–Kier alpha value is -1.83. The molecule has 0 fully saturated rings. The van der Waals surface area contributed by atoms with Crippen LogP contribution in [0.1, 0.15) is 17.8 Å². The van der Waals surface area contributed by atoms with Crippen LogP contribution in [0.5, 0.6) is 0 Å². The number of hydrogen-bond donors (Lipinski definition) is 0. The molecule has 0 unspecified atom stereocenters. The minimum absolute atomic E-state index is 1.12. The zero-order valence-corrected chi connectivity index (χ0v) is 9.90. The molecule has 0 bridgehead atoms. The summed E-state index contributed by atoms with van der Waals surface area (Å²) in [6.45, 7) is 3.22. The average Bonchev–Trinajstić information content (AvgIpc) is 2.67. The standard InChI is InChI=1S/C15H14N2/c1-10-9-12-11-5-2-3-7-14(11)17-8-4-6-13(16-10)15(12)17/h2-3,5,7,9H,4,6,8H2,1H3. The Morgan fingerprint density at radius 2 is 2.06 bits per heavy atom. The Labute approximate surface area is 99.9 Å². The molecular weight excluding hydrogens is 208 g/mol. The van der Waals surface area contributed by atoms with Crippen LogP contribution in [0, 0.1) is 6.92 Å². The van der Waals surface area contributed by atoms with Gasteiger partial charge in [-0.25, -0.2) is 0 Å². The second-order valence-corrected chi connectivity index (χ2v) is 4.88. The summed E-state index contributed by atoms with van der Waals surface area (Å²) in [5.41, 5.74) is 5.14. The number of benzene rings is 1. The van der Waals surface area contributed by atoms with E-state index >= 15 is 0 Å². The van der Waals surface area contributed by atoms with E-state index in [0.717, 1.165) is 18.7 Å². The fraction of sp³-hybridized carbons (Fsp3) is 0.267. The van der Waals surface area contributed by atoms with Crippen molar-refractivity contribution in [3.05, 3.63) is 41.7 Å². The van der Waals surface area contributed by atoms with Crippen LogP contribution >= 0.6 is 0 Å². The van der Waals surface area contributed by atoms with Gasteiger partial charge in [0, 0.05) is 28.5 Å². The average molecular weight is 222 g/mol. The number of fused-ring (bicyclic) bond motifs is 3. The van der Waals surface area contributed by atoms with Crippen LogP contribution < -0.4 is 0 Å². The van der Waals surface area contributed by atoms with Crippen LogP contribution in [0.25, 0.3) is 21.8 Å². The molecule has 3 heterocycles. The summed E-state index contributed by atoms with van der Waals surface area (Å²) < 4.78 is 2.44. The van der Waals surface area contributed by atoms with E-state index in [-0.39, 0.29) is 0 Å². The Balaban J connectivity index is 2.34. The summed E-state index contributed by atoms with van der Waals surface area (Å²) in [5, 5.41) is 2.75. The lowest BCUT2D eigenvalue weighted by Crippen LogP contribution is -2.09. The number of pyridine rings is 1. The molecule has 4 rings (SSSR count). The highest BCUT2D eigenvalue weighted by Crippen LogP contribution is 2.33. The zero-order valence-electron chi connectivity index (χ0n) is 9.90. The molecule has 3 aromatic rings. The van der Waals surface area contributed by atoms with Crippen molar-refractivity contribution in [2.24, 2.45) is 0 Å². The monoisotopic (exact) mass is 222 g/mol. The summed E-state index contributed by atoms with van der Waals surface area (Å²) in [6.07, 6.45) is 2.33. The molecule has 2 aromatic heterocycles. The maximum Gasteiger partial charge on any atom is 0.0710 e. The summed E-state index contributed by atoms with van der Waals surface area (Å²) >= 11 is 0. The van der Waals surface area contributed by atoms with Gasteiger partial charge < -0.3 is 4.57 Å². The fourth-order valence-corrected chi connectivity index (χ4v) is 3.11. The van der Waals surface area contributed by atoms with Crippen LogP contribution in [0.15, 0.2) is 30.3 Å². The molecule has 2 heteroatoms. The molecule has 0 spiro atoms. The lowest BCUT2D eigenvalue weighted by atomic mass is 10.1. The third-order valence-electron chi connectivity index (χ3n) is 3.74.